The molecule has 0 spiro atoms. The van der Waals surface area contributed by atoms with E-state index >= 15 is 0 Å². The van der Waals surface area contributed by atoms with Crippen LogP contribution in [0, 0.1) is 18.8 Å². The molecule has 0 saturated carbocycles. The zero-order valence-electron chi connectivity index (χ0n) is 14.7. The molecule has 23 heavy (non-hydrogen) atoms. The third-order valence-corrected chi connectivity index (χ3v) is 3.38. The second-order valence-corrected chi connectivity index (χ2v) is 5.54. The normalized spacial score (nSPS) is 11.5. The molecule has 2 heteroatoms. The van der Waals surface area contributed by atoms with Crippen LogP contribution in [0.5, 0.6) is 0 Å². The van der Waals surface area contributed by atoms with Crippen molar-refractivity contribution in [2.45, 2.75) is 40.5 Å². The van der Waals surface area contributed by atoms with Gasteiger partial charge in [-0.05, 0) is 51.2 Å². The molecule has 0 saturated heterocycles. The minimum atomic E-state index is 0.649. The Morgan fingerprint density at radius 3 is 2.65 bits per heavy atom. The van der Waals surface area contributed by atoms with Crippen LogP contribution in [0.4, 0.5) is 0 Å². The Kier molecular flexibility index (Phi) is 7.63. The highest BCUT2D eigenvalue weighted by Gasteiger charge is 2.01. The Morgan fingerprint density at radius 2 is 2.04 bits per heavy atom. The van der Waals surface area contributed by atoms with Gasteiger partial charge in [0.25, 0.3) is 0 Å². The highest BCUT2D eigenvalue weighted by Crippen LogP contribution is 2.12. The average Bonchev–Trinajstić information content (AvgIpc) is 2.50. The maximum absolute atomic E-state index is 4.32. The topological polar surface area (TPSA) is 24.4 Å². The lowest BCUT2D eigenvalue weighted by Crippen LogP contribution is -2.11. The number of aliphatic imine (C=N–C) groups is 1. The molecule has 1 N–H and O–H groups in total. The van der Waals surface area contributed by atoms with Crippen molar-refractivity contribution in [2.75, 3.05) is 0 Å². The third kappa shape index (κ3) is 6.84. The molecular formula is C21H26N2. The molecule has 0 aliphatic heterocycles. The van der Waals surface area contributed by atoms with Crippen LogP contribution in [-0.4, -0.2) is 6.21 Å². The van der Waals surface area contributed by atoms with Gasteiger partial charge in [0.2, 0.25) is 0 Å². The van der Waals surface area contributed by atoms with Gasteiger partial charge in [-0.3, -0.25) is 0 Å². The lowest BCUT2D eigenvalue weighted by atomic mass is 10.1. The second-order valence-electron chi connectivity index (χ2n) is 5.54. The van der Waals surface area contributed by atoms with Crippen LogP contribution >= 0.6 is 0 Å². The van der Waals surface area contributed by atoms with E-state index in [0.29, 0.717) is 5.70 Å². The van der Waals surface area contributed by atoms with E-state index in [-0.39, 0.29) is 0 Å². The highest BCUT2D eigenvalue weighted by atomic mass is 15.0. The van der Waals surface area contributed by atoms with Gasteiger partial charge in [0.05, 0.1) is 5.70 Å². The van der Waals surface area contributed by atoms with Crippen molar-refractivity contribution in [3.05, 3.63) is 71.2 Å². The molecule has 0 atom stereocenters. The van der Waals surface area contributed by atoms with E-state index < -0.39 is 0 Å². The summed E-state index contributed by atoms with van der Waals surface area (Å²) in [6.07, 6.45) is 3.50. The number of hydrogen-bond donors (Lipinski definition) is 1. The quantitative estimate of drug-likeness (QED) is 0.450. The molecule has 0 aliphatic carbocycles. The first-order valence-electron chi connectivity index (χ1n) is 7.79. The smallest absolute Gasteiger partial charge is 0.133 e. The minimum Gasteiger partial charge on any atom is -0.334 e. The fourth-order valence-electron chi connectivity index (χ4n) is 1.97. The Balaban J connectivity index is 2.63. The second kappa shape index (κ2) is 9.48. The molecule has 0 fully saturated rings. The van der Waals surface area contributed by atoms with E-state index in [1.165, 1.54) is 11.1 Å². The summed E-state index contributed by atoms with van der Waals surface area (Å²) in [6.45, 7) is 15.8. The van der Waals surface area contributed by atoms with E-state index in [9.17, 15) is 0 Å². The number of hydrogen-bond acceptors (Lipinski definition) is 2. The number of aryl methyl sites for hydroxylation is 2. The van der Waals surface area contributed by atoms with Crippen LogP contribution in [0.15, 0.2) is 65.1 Å². The van der Waals surface area contributed by atoms with Crippen molar-refractivity contribution < 1.29 is 0 Å². The lowest BCUT2D eigenvalue weighted by Gasteiger charge is -2.09. The average molecular weight is 306 g/mol. The Labute approximate surface area is 140 Å². The Morgan fingerprint density at radius 1 is 1.30 bits per heavy atom. The van der Waals surface area contributed by atoms with Crippen molar-refractivity contribution >= 4 is 6.21 Å². The molecule has 1 aromatic rings. The van der Waals surface area contributed by atoms with Gasteiger partial charge in [0.15, 0.2) is 0 Å². The van der Waals surface area contributed by atoms with E-state index in [4.69, 9.17) is 0 Å². The van der Waals surface area contributed by atoms with Gasteiger partial charge in [-0.2, -0.15) is 0 Å². The zero-order valence-corrected chi connectivity index (χ0v) is 14.7. The van der Waals surface area contributed by atoms with Crippen LogP contribution < -0.4 is 5.32 Å². The molecule has 1 aromatic carbocycles. The number of rotatable bonds is 6. The summed E-state index contributed by atoms with van der Waals surface area (Å²) in [6, 6.07) is 8.52. The van der Waals surface area contributed by atoms with Crippen molar-refractivity contribution in [1.29, 1.82) is 0 Å². The first-order valence-corrected chi connectivity index (χ1v) is 7.79. The monoisotopic (exact) mass is 306 g/mol. The van der Waals surface area contributed by atoms with Crippen molar-refractivity contribution in [1.82, 2.24) is 5.32 Å². The van der Waals surface area contributed by atoms with E-state index in [1.807, 2.05) is 20.8 Å². The highest BCUT2D eigenvalue weighted by molar-refractivity contribution is 5.56. The predicted molar refractivity (Wildman–Crippen MR) is 101 cm³/mol. The van der Waals surface area contributed by atoms with Crippen LogP contribution in [0.2, 0.25) is 0 Å². The van der Waals surface area contributed by atoms with Crippen LogP contribution in [0.25, 0.3) is 0 Å². The molecule has 120 valence electrons. The fourth-order valence-corrected chi connectivity index (χ4v) is 1.97. The summed E-state index contributed by atoms with van der Waals surface area (Å²) >= 11 is 0. The van der Waals surface area contributed by atoms with Crippen LogP contribution in [-0.2, 0) is 6.42 Å². The van der Waals surface area contributed by atoms with Crippen molar-refractivity contribution in [3.8, 4) is 11.8 Å². The predicted octanol–water partition coefficient (Wildman–Crippen LogP) is 4.93. The number of benzene rings is 1. The van der Waals surface area contributed by atoms with Gasteiger partial charge in [0.1, 0.15) is 5.82 Å². The molecule has 0 amide bonds. The lowest BCUT2D eigenvalue weighted by molar-refractivity contribution is 0.961. The molecule has 1 rings (SSSR count). The summed E-state index contributed by atoms with van der Waals surface area (Å²) in [5.74, 6) is 6.96. The maximum Gasteiger partial charge on any atom is 0.133 e. The molecular weight excluding hydrogens is 280 g/mol. The van der Waals surface area contributed by atoms with Gasteiger partial charge < -0.3 is 5.32 Å². The first kappa shape index (κ1) is 18.5. The van der Waals surface area contributed by atoms with Gasteiger partial charge in [0, 0.05) is 12.6 Å². The Hall–Kier alpha value is -2.53. The van der Waals surface area contributed by atoms with Gasteiger partial charge >= 0.3 is 0 Å². The van der Waals surface area contributed by atoms with E-state index in [2.05, 4.69) is 66.5 Å². The fraction of sp³-hybridized carbons (Fsp3) is 0.286. The summed E-state index contributed by atoms with van der Waals surface area (Å²) < 4.78 is 0. The van der Waals surface area contributed by atoms with Gasteiger partial charge in [-0.15, -0.1) is 0 Å². The maximum atomic E-state index is 4.32. The molecule has 0 radical (unpaired) electrons. The standard InChI is InChI=1S/C21H26N2/c1-7-22-21(19(6)16(2)3)23-18(5)12-8-9-13-20-14-10-11-17(4)15-20/h7,10-11,14-15,23H,2,5,9,13H2,1,3-4,6H3/b21-19+,22-7?. The molecule has 0 unspecified atom stereocenters. The zero-order chi connectivity index (χ0) is 17.2. The summed E-state index contributed by atoms with van der Waals surface area (Å²) in [5, 5.41) is 3.16. The Bertz CT molecular complexity index is 694. The molecule has 0 heterocycles. The number of allylic oxidation sites excluding steroid dienone is 3. The van der Waals surface area contributed by atoms with Gasteiger partial charge in [-0.25, -0.2) is 4.99 Å². The summed E-state index contributed by atoms with van der Waals surface area (Å²) in [5.41, 5.74) is 5.22. The minimum absolute atomic E-state index is 0.649. The summed E-state index contributed by atoms with van der Waals surface area (Å²) in [4.78, 5) is 4.32. The first-order chi connectivity index (χ1) is 10.9. The summed E-state index contributed by atoms with van der Waals surface area (Å²) in [7, 11) is 0. The van der Waals surface area contributed by atoms with E-state index in [1.54, 1.807) is 6.21 Å². The van der Waals surface area contributed by atoms with Crippen molar-refractivity contribution in [3.63, 3.8) is 0 Å². The molecule has 2 nitrogen and oxygen atoms in total. The van der Waals surface area contributed by atoms with Crippen LogP contribution in [0.1, 0.15) is 38.3 Å². The largest absolute Gasteiger partial charge is 0.334 e. The van der Waals surface area contributed by atoms with Crippen LogP contribution in [0.3, 0.4) is 0 Å². The van der Waals surface area contributed by atoms with Gasteiger partial charge in [-0.1, -0.05) is 54.5 Å². The van der Waals surface area contributed by atoms with Crippen molar-refractivity contribution in [2.24, 2.45) is 4.99 Å². The number of nitrogens with zero attached hydrogens (tertiary/aromatic N) is 1. The van der Waals surface area contributed by atoms with E-state index in [0.717, 1.165) is 29.8 Å². The molecule has 0 aliphatic rings. The third-order valence-electron chi connectivity index (χ3n) is 3.38. The molecule has 0 aromatic heterocycles. The number of nitrogens with one attached hydrogen (secondary N) is 1. The molecule has 0 bridgehead atoms. The SMILES string of the molecule is C=C(C#CCCc1cccc(C)c1)N/C(N=CC)=C(\C)C(=C)C.